The highest BCUT2D eigenvalue weighted by molar-refractivity contribution is 5.66. The molecule has 0 saturated carbocycles. The van der Waals surface area contributed by atoms with Crippen LogP contribution in [0.2, 0.25) is 0 Å². The Hall–Kier alpha value is -0.610. The zero-order valence-electron chi connectivity index (χ0n) is 9.13. The van der Waals surface area contributed by atoms with Crippen molar-refractivity contribution >= 4 is 5.97 Å². The highest BCUT2D eigenvalue weighted by atomic mass is 16.4. The van der Waals surface area contributed by atoms with Crippen molar-refractivity contribution in [2.45, 2.75) is 33.6 Å². The molecule has 82 valence electrons. The van der Waals surface area contributed by atoms with Gasteiger partial charge in [-0.05, 0) is 19.5 Å². The number of aliphatic hydroxyl groups excluding tert-OH is 1. The third-order valence-corrected chi connectivity index (χ3v) is 0.964. The standard InChI is InChI=1S/C4H11N.C4H8O2.CH4O/c1-3-5-4-2;1-2-3-4(5)6;1-2/h5H,3-4H2,1-2H3;2-3H2,1H3,(H,5,6);2H,1H3. The number of nitrogens with one attached hydrogen (secondary N) is 1. The van der Waals surface area contributed by atoms with Gasteiger partial charge in [-0.2, -0.15) is 0 Å². The molecule has 0 aliphatic carbocycles. The third-order valence-electron chi connectivity index (χ3n) is 0.964. The van der Waals surface area contributed by atoms with Crippen LogP contribution in [0.3, 0.4) is 0 Å². The molecule has 0 aromatic heterocycles. The lowest BCUT2D eigenvalue weighted by Gasteiger charge is -1.86. The molecule has 4 nitrogen and oxygen atoms in total. The lowest BCUT2D eigenvalue weighted by Crippen LogP contribution is -2.09. The van der Waals surface area contributed by atoms with Crippen molar-refractivity contribution in [2.24, 2.45) is 0 Å². The molecule has 0 saturated heterocycles. The average Bonchev–Trinajstić information content (AvgIpc) is 2.10. The number of aliphatic carboxylic acids is 1. The minimum atomic E-state index is -0.711. The normalized spacial score (nSPS) is 7.46. The Balaban J connectivity index is -0.000000131. The fraction of sp³-hybridized carbons (Fsp3) is 0.889. The van der Waals surface area contributed by atoms with Gasteiger partial charge in [0.1, 0.15) is 0 Å². The maximum Gasteiger partial charge on any atom is 0.303 e. The van der Waals surface area contributed by atoms with E-state index >= 15 is 0 Å². The van der Waals surface area contributed by atoms with Crippen LogP contribution in [0.25, 0.3) is 0 Å². The van der Waals surface area contributed by atoms with Crippen molar-refractivity contribution in [3.63, 3.8) is 0 Å². The summed E-state index contributed by atoms with van der Waals surface area (Å²) in [6.45, 7) is 8.23. The summed E-state index contributed by atoms with van der Waals surface area (Å²) in [6, 6.07) is 0. The number of hydrogen-bond acceptors (Lipinski definition) is 3. The van der Waals surface area contributed by atoms with Crippen LogP contribution >= 0.6 is 0 Å². The van der Waals surface area contributed by atoms with Crippen LogP contribution in [0.15, 0.2) is 0 Å². The molecule has 0 unspecified atom stereocenters. The molecular formula is C9H23NO3. The fourth-order valence-electron chi connectivity index (χ4n) is 0.464. The first kappa shape index (κ1) is 18.2. The van der Waals surface area contributed by atoms with Gasteiger partial charge in [-0.3, -0.25) is 4.79 Å². The summed E-state index contributed by atoms with van der Waals surface area (Å²) in [5.74, 6) is -0.711. The molecule has 0 spiro atoms. The van der Waals surface area contributed by atoms with Crippen molar-refractivity contribution in [1.29, 1.82) is 0 Å². The van der Waals surface area contributed by atoms with Crippen LogP contribution in [0, 0.1) is 0 Å². The van der Waals surface area contributed by atoms with E-state index in [0.29, 0.717) is 6.42 Å². The summed E-state index contributed by atoms with van der Waals surface area (Å²) in [7, 11) is 1.00. The van der Waals surface area contributed by atoms with Crippen LogP contribution in [0.1, 0.15) is 33.6 Å². The molecule has 0 atom stereocenters. The smallest absolute Gasteiger partial charge is 0.303 e. The molecule has 0 heterocycles. The van der Waals surface area contributed by atoms with Crippen molar-refractivity contribution in [3.05, 3.63) is 0 Å². The van der Waals surface area contributed by atoms with E-state index in [1.54, 1.807) is 0 Å². The van der Waals surface area contributed by atoms with Crippen LogP contribution in [0.4, 0.5) is 0 Å². The molecule has 0 bridgehead atoms. The zero-order valence-corrected chi connectivity index (χ0v) is 9.13. The highest BCUT2D eigenvalue weighted by Gasteiger charge is 1.87. The van der Waals surface area contributed by atoms with Crippen molar-refractivity contribution < 1.29 is 15.0 Å². The Kier molecular flexibility index (Phi) is 31.6. The first-order valence-corrected chi connectivity index (χ1v) is 4.56. The number of aliphatic hydroxyl groups is 1. The molecule has 0 radical (unpaired) electrons. The molecule has 4 heteroatoms. The highest BCUT2D eigenvalue weighted by Crippen LogP contribution is 1.82. The van der Waals surface area contributed by atoms with Gasteiger partial charge in [-0.25, -0.2) is 0 Å². The Labute approximate surface area is 81.0 Å². The van der Waals surface area contributed by atoms with Crippen LogP contribution in [-0.4, -0.2) is 36.4 Å². The molecule has 0 aliphatic heterocycles. The number of hydrogen-bond donors (Lipinski definition) is 3. The van der Waals surface area contributed by atoms with E-state index in [4.69, 9.17) is 10.2 Å². The second kappa shape index (κ2) is 22.5. The molecular weight excluding hydrogens is 170 g/mol. The number of rotatable bonds is 4. The van der Waals surface area contributed by atoms with Crippen LogP contribution in [-0.2, 0) is 4.79 Å². The van der Waals surface area contributed by atoms with E-state index in [0.717, 1.165) is 26.6 Å². The summed E-state index contributed by atoms with van der Waals surface area (Å²) in [4.78, 5) is 9.60. The lowest BCUT2D eigenvalue weighted by molar-refractivity contribution is -0.137. The fourth-order valence-corrected chi connectivity index (χ4v) is 0.464. The first-order chi connectivity index (χ1) is 6.18. The Morgan fingerprint density at radius 2 is 1.54 bits per heavy atom. The summed E-state index contributed by atoms with van der Waals surface area (Å²) in [6.07, 6.45) is 1.02. The van der Waals surface area contributed by atoms with Crippen LogP contribution in [0.5, 0.6) is 0 Å². The number of carbonyl (C=O) groups is 1. The lowest BCUT2D eigenvalue weighted by atomic mass is 10.4. The topological polar surface area (TPSA) is 69.6 Å². The molecule has 0 aliphatic rings. The molecule has 3 N–H and O–H groups in total. The van der Waals surface area contributed by atoms with Gasteiger partial charge >= 0.3 is 5.97 Å². The quantitative estimate of drug-likeness (QED) is 0.625. The van der Waals surface area contributed by atoms with Gasteiger partial charge < -0.3 is 15.5 Å². The molecule has 0 aromatic carbocycles. The predicted octanol–water partition coefficient (Wildman–Crippen LogP) is 1.10. The molecule has 0 aromatic rings. The van der Waals surface area contributed by atoms with E-state index < -0.39 is 5.97 Å². The van der Waals surface area contributed by atoms with Crippen molar-refractivity contribution in [3.8, 4) is 0 Å². The summed E-state index contributed by atoms with van der Waals surface area (Å²) in [5.41, 5.74) is 0. The van der Waals surface area contributed by atoms with E-state index in [1.807, 2.05) is 6.92 Å². The molecule has 0 fully saturated rings. The van der Waals surface area contributed by atoms with Gasteiger partial charge in [0.25, 0.3) is 0 Å². The summed E-state index contributed by atoms with van der Waals surface area (Å²) in [5, 5.41) is 18.0. The Bertz CT molecular complexity index is 84.9. The van der Waals surface area contributed by atoms with Gasteiger partial charge in [0.15, 0.2) is 0 Å². The van der Waals surface area contributed by atoms with Crippen molar-refractivity contribution in [1.82, 2.24) is 5.32 Å². The monoisotopic (exact) mass is 193 g/mol. The van der Waals surface area contributed by atoms with Gasteiger partial charge in [0.2, 0.25) is 0 Å². The predicted molar refractivity (Wildman–Crippen MR) is 54.9 cm³/mol. The second-order valence-electron chi connectivity index (χ2n) is 2.10. The number of carboxylic acid groups (broad SMARTS) is 1. The maximum atomic E-state index is 9.60. The van der Waals surface area contributed by atoms with Gasteiger partial charge in [0, 0.05) is 13.5 Å². The van der Waals surface area contributed by atoms with E-state index in [2.05, 4.69) is 19.2 Å². The molecule has 0 amide bonds. The van der Waals surface area contributed by atoms with Crippen LogP contribution < -0.4 is 5.32 Å². The minimum absolute atomic E-state index is 0.292. The minimum Gasteiger partial charge on any atom is -0.481 e. The average molecular weight is 193 g/mol. The maximum absolute atomic E-state index is 9.60. The third kappa shape index (κ3) is 52.1. The Morgan fingerprint density at radius 3 is 1.54 bits per heavy atom. The first-order valence-electron chi connectivity index (χ1n) is 4.56. The van der Waals surface area contributed by atoms with E-state index in [-0.39, 0.29) is 0 Å². The number of carboxylic acids is 1. The van der Waals surface area contributed by atoms with Crippen molar-refractivity contribution in [2.75, 3.05) is 20.2 Å². The summed E-state index contributed by atoms with van der Waals surface area (Å²) < 4.78 is 0. The largest absolute Gasteiger partial charge is 0.481 e. The van der Waals surface area contributed by atoms with E-state index in [1.165, 1.54) is 0 Å². The summed E-state index contributed by atoms with van der Waals surface area (Å²) >= 11 is 0. The zero-order chi connectivity index (χ0) is 11.1. The van der Waals surface area contributed by atoms with Gasteiger partial charge in [-0.15, -0.1) is 0 Å². The second-order valence-corrected chi connectivity index (χ2v) is 2.10. The van der Waals surface area contributed by atoms with Gasteiger partial charge in [-0.1, -0.05) is 20.8 Å². The SMILES string of the molecule is CCCC(=O)O.CCNCC.CO. The molecule has 0 rings (SSSR count). The Morgan fingerprint density at radius 1 is 1.15 bits per heavy atom. The van der Waals surface area contributed by atoms with Gasteiger partial charge in [0.05, 0.1) is 0 Å². The molecule has 13 heavy (non-hydrogen) atoms. The van der Waals surface area contributed by atoms with E-state index in [9.17, 15) is 4.79 Å².